The molecule has 0 N–H and O–H groups in total. The van der Waals surface area contributed by atoms with E-state index >= 15 is 0 Å². The smallest absolute Gasteiger partial charge is 0.466 e. The van der Waals surface area contributed by atoms with Gasteiger partial charge >= 0.3 is 26.2 Å². The Labute approximate surface area is 276 Å². The van der Waals surface area contributed by atoms with E-state index in [1.165, 1.54) is 0 Å². The van der Waals surface area contributed by atoms with Crippen molar-refractivity contribution in [1.29, 1.82) is 0 Å². The molecule has 0 aromatic rings. The zero-order chi connectivity index (χ0) is 34.5. The van der Waals surface area contributed by atoms with Crippen LogP contribution in [0.25, 0.3) is 0 Å². The maximum atomic E-state index is 12.5. The fraction of sp³-hybridized carbons (Fsp3) is 0.882. The molecule has 2 aliphatic rings. The van der Waals surface area contributed by atoms with Crippen molar-refractivity contribution in [3.8, 4) is 0 Å². The monoisotopic (exact) mass is 632 g/mol. The second-order valence-corrected chi connectivity index (χ2v) is 16.2. The highest BCUT2D eigenvalue weighted by Crippen LogP contribution is 2.44. The van der Waals surface area contributed by atoms with Crippen molar-refractivity contribution >= 4 is 34.0 Å². The third kappa shape index (κ3) is 10.1. The minimum atomic E-state index is -0.546. The lowest BCUT2D eigenvalue weighted by Gasteiger charge is -2.32. The summed E-state index contributed by atoms with van der Waals surface area (Å²) in [6.45, 7) is 26.8. The third-order valence-electron chi connectivity index (χ3n) is 10.4. The molecule has 2 saturated heterocycles. The first-order valence-electron chi connectivity index (χ1n) is 17.3. The Morgan fingerprint density at radius 3 is 1.33 bits per heavy atom. The average molecular weight is 632 g/mol. The number of ether oxygens (including phenoxy) is 2. The first kappa shape index (κ1) is 39.9. The van der Waals surface area contributed by atoms with Crippen molar-refractivity contribution in [3.63, 3.8) is 0 Å². The standard InChI is InChI=1S/C34H63B3O8/c1-14-40-27(38)29(3,4)23-19-16-17-21-26(37-44-33(11,12)34(13,35)45-37)25(36-42-31(7,8)32(9,10)43-36)22-18-20-24-30(5,6)28(39)41-15-2/h14-24,35H2,1-13H3/b26-25-. The molecule has 0 radical (unpaired) electrons. The molecule has 2 heterocycles. The number of allylic oxidation sites excluding steroid dienone is 2. The number of hydrogen-bond donors (Lipinski definition) is 0. The molecule has 256 valence electrons. The summed E-state index contributed by atoms with van der Waals surface area (Å²) in [6, 6.07) is 0. The first-order chi connectivity index (χ1) is 20.5. The van der Waals surface area contributed by atoms with Gasteiger partial charge in [0.25, 0.3) is 0 Å². The van der Waals surface area contributed by atoms with Gasteiger partial charge in [0.15, 0.2) is 0 Å². The van der Waals surface area contributed by atoms with Crippen LogP contribution in [0.4, 0.5) is 0 Å². The Bertz CT molecular complexity index is 1020. The first-order valence-corrected chi connectivity index (χ1v) is 17.3. The molecular formula is C34H63B3O8. The molecule has 11 heteroatoms. The molecule has 0 bridgehead atoms. The van der Waals surface area contributed by atoms with Gasteiger partial charge in [-0.1, -0.05) is 32.1 Å². The van der Waals surface area contributed by atoms with E-state index in [9.17, 15) is 9.59 Å². The van der Waals surface area contributed by atoms with Crippen LogP contribution in [-0.2, 0) is 37.7 Å². The van der Waals surface area contributed by atoms with Crippen molar-refractivity contribution in [3.05, 3.63) is 10.9 Å². The van der Waals surface area contributed by atoms with Crippen LogP contribution < -0.4 is 0 Å². The van der Waals surface area contributed by atoms with Crippen molar-refractivity contribution in [2.24, 2.45) is 10.8 Å². The maximum Gasteiger partial charge on any atom is 0.489 e. The fourth-order valence-corrected chi connectivity index (χ4v) is 5.63. The molecule has 0 spiro atoms. The van der Waals surface area contributed by atoms with Gasteiger partial charge in [-0.3, -0.25) is 9.59 Å². The predicted octanol–water partition coefficient (Wildman–Crippen LogP) is 6.81. The fourth-order valence-electron chi connectivity index (χ4n) is 5.63. The molecule has 1 atom stereocenters. The highest BCUT2D eigenvalue weighted by Gasteiger charge is 2.56. The van der Waals surface area contributed by atoms with E-state index in [-0.39, 0.29) is 11.9 Å². The molecule has 0 saturated carbocycles. The molecule has 1 unspecified atom stereocenters. The lowest BCUT2D eigenvalue weighted by molar-refractivity contribution is -0.154. The molecule has 0 aromatic carbocycles. The summed E-state index contributed by atoms with van der Waals surface area (Å²) >= 11 is 0. The SMILES string of the molecule is BC1(C)OB(/C(CCCCCC(C)(C)C(=O)OCC)=C(/CCCCC(C)(C)C(=O)OCC)B2OC(C)(C)C(C)(C)O2)OC1(C)C. The van der Waals surface area contributed by atoms with Crippen LogP contribution in [0.2, 0.25) is 0 Å². The number of hydrogen-bond acceptors (Lipinski definition) is 8. The molecule has 0 amide bonds. The zero-order valence-electron chi connectivity index (χ0n) is 31.2. The second kappa shape index (κ2) is 15.3. The van der Waals surface area contributed by atoms with Gasteiger partial charge in [-0.25, -0.2) is 0 Å². The summed E-state index contributed by atoms with van der Waals surface area (Å²) in [5.41, 5.74) is -0.853. The molecule has 2 aliphatic heterocycles. The van der Waals surface area contributed by atoms with Crippen LogP contribution in [0.1, 0.15) is 148 Å². The topological polar surface area (TPSA) is 89.5 Å². The summed E-state index contributed by atoms with van der Waals surface area (Å²) in [5, 5.41) is 0. The van der Waals surface area contributed by atoms with Crippen LogP contribution in [0.15, 0.2) is 10.9 Å². The van der Waals surface area contributed by atoms with E-state index in [0.29, 0.717) is 13.2 Å². The lowest BCUT2D eigenvalue weighted by atomic mass is 9.61. The van der Waals surface area contributed by atoms with E-state index in [1.54, 1.807) is 0 Å². The van der Waals surface area contributed by atoms with Gasteiger partial charge in [-0.2, -0.15) is 0 Å². The molecule has 45 heavy (non-hydrogen) atoms. The Balaban J connectivity index is 2.36. The number of esters is 2. The minimum Gasteiger partial charge on any atom is -0.466 e. The Morgan fingerprint density at radius 2 is 0.956 bits per heavy atom. The Hall–Kier alpha value is -1.29. The van der Waals surface area contributed by atoms with Crippen LogP contribution in [0.3, 0.4) is 0 Å². The zero-order valence-corrected chi connectivity index (χ0v) is 31.2. The molecule has 2 rings (SSSR count). The van der Waals surface area contributed by atoms with Gasteiger partial charge in [-0.05, 0) is 127 Å². The van der Waals surface area contributed by atoms with Gasteiger partial charge < -0.3 is 28.1 Å². The van der Waals surface area contributed by atoms with Gasteiger partial charge in [0.2, 0.25) is 0 Å². The maximum absolute atomic E-state index is 12.5. The van der Waals surface area contributed by atoms with Crippen LogP contribution in [-0.4, -0.2) is 69.5 Å². The van der Waals surface area contributed by atoms with Crippen LogP contribution in [0, 0.1) is 10.8 Å². The predicted molar refractivity (Wildman–Crippen MR) is 184 cm³/mol. The lowest BCUT2D eigenvalue weighted by Crippen LogP contribution is -2.45. The van der Waals surface area contributed by atoms with Crippen molar-refractivity contribution in [2.45, 2.75) is 170 Å². The van der Waals surface area contributed by atoms with E-state index in [2.05, 4.69) is 56.3 Å². The average Bonchev–Trinajstić information content (AvgIpc) is 3.25. The molecule has 0 aliphatic carbocycles. The number of unbranched alkanes of at least 4 members (excludes halogenated alkanes) is 3. The van der Waals surface area contributed by atoms with Crippen molar-refractivity contribution < 1.29 is 37.7 Å². The van der Waals surface area contributed by atoms with Gasteiger partial charge in [0, 0.05) is 5.50 Å². The summed E-state index contributed by atoms with van der Waals surface area (Å²) in [4.78, 5) is 24.9. The molecular weight excluding hydrogens is 569 g/mol. The highest BCUT2D eigenvalue weighted by molar-refractivity contribution is 6.62. The quantitative estimate of drug-likeness (QED) is 0.0983. The largest absolute Gasteiger partial charge is 0.489 e. The highest BCUT2D eigenvalue weighted by atomic mass is 16.7. The number of rotatable bonds is 17. The van der Waals surface area contributed by atoms with Crippen molar-refractivity contribution in [2.75, 3.05) is 13.2 Å². The van der Waals surface area contributed by atoms with E-state index in [0.717, 1.165) is 68.7 Å². The summed E-state index contributed by atoms with van der Waals surface area (Å²) in [6.07, 6.45) is 7.50. The van der Waals surface area contributed by atoms with Gasteiger partial charge in [0.1, 0.15) is 7.85 Å². The molecule has 8 nitrogen and oxygen atoms in total. The normalized spacial score (nSPS) is 23.2. The van der Waals surface area contributed by atoms with Gasteiger partial charge in [0.05, 0.1) is 40.8 Å². The Morgan fingerprint density at radius 1 is 0.600 bits per heavy atom. The Kier molecular flexibility index (Phi) is 13.6. The van der Waals surface area contributed by atoms with Gasteiger partial charge in [-0.15, -0.1) is 0 Å². The van der Waals surface area contributed by atoms with Crippen molar-refractivity contribution in [1.82, 2.24) is 0 Å². The molecule has 2 fully saturated rings. The second-order valence-electron chi connectivity index (χ2n) is 16.2. The summed E-state index contributed by atoms with van der Waals surface area (Å²) < 4.78 is 37.2. The summed E-state index contributed by atoms with van der Waals surface area (Å²) in [5.74, 6) is -0.298. The summed E-state index contributed by atoms with van der Waals surface area (Å²) in [7, 11) is 1.04. The molecule has 0 aromatic heterocycles. The minimum absolute atomic E-state index is 0.142. The van der Waals surface area contributed by atoms with Crippen LogP contribution >= 0.6 is 0 Å². The number of carbonyl (C=O) groups is 2. The number of carbonyl (C=O) groups excluding carboxylic acids is 2. The van der Waals surface area contributed by atoms with E-state index in [1.807, 2.05) is 41.5 Å². The third-order valence-corrected chi connectivity index (χ3v) is 10.4. The van der Waals surface area contributed by atoms with Crippen LogP contribution in [0.5, 0.6) is 0 Å². The van der Waals surface area contributed by atoms with E-state index < -0.39 is 47.4 Å². The van der Waals surface area contributed by atoms with E-state index in [4.69, 9.17) is 28.1 Å².